The third-order valence-electron chi connectivity index (χ3n) is 3.64. The van der Waals surface area contributed by atoms with Gasteiger partial charge >= 0.3 is 0 Å². The molecule has 3 rings (SSSR count). The van der Waals surface area contributed by atoms with E-state index in [1.54, 1.807) is 11.3 Å². The Bertz CT molecular complexity index is 771. The molecule has 0 aliphatic carbocycles. The summed E-state index contributed by atoms with van der Waals surface area (Å²) in [4.78, 5) is 4.52. The molecule has 1 N–H and O–H groups in total. The fourth-order valence-electron chi connectivity index (χ4n) is 2.46. The average molecular weight is 361 g/mol. The van der Waals surface area contributed by atoms with E-state index in [0.717, 1.165) is 11.2 Å². The summed E-state index contributed by atoms with van der Waals surface area (Å²) < 4.78 is 2.42. The molecule has 108 valence electrons. The fraction of sp³-hybridized carbons (Fsp3) is 0.235. The second-order valence-corrected chi connectivity index (χ2v) is 7.10. The van der Waals surface area contributed by atoms with E-state index in [9.17, 15) is 0 Å². The van der Waals surface area contributed by atoms with Crippen molar-refractivity contribution >= 4 is 43.2 Å². The normalized spacial score (nSPS) is 12.6. The Morgan fingerprint density at radius 3 is 2.62 bits per heavy atom. The molecule has 4 heteroatoms. The molecule has 0 saturated heterocycles. The van der Waals surface area contributed by atoms with Gasteiger partial charge in [-0.3, -0.25) is 4.98 Å². The van der Waals surface area contributed by atoms with Crippen molar-refractivity contribution in [2.24, 2.45) is 0 Å². The van der Waals surface area contributed by atoms with Crippen LogP contribution in [-0.4, -0.2) is 4.98 Å². The predicted octanol–water partition coefficient (Wildman–Crippen LogP) is 5.85. The quantitative estimate of drug-likeness (QED) is 0.633. The van der Waals surface area contributed by atoms with Crippen molar-refractivity contribution in [2.45, 2.75) is 26.8 Å². The second kappa shape index (κ2) is 5.78. The number of thiophene rings is 1. The molecule has 0 fully saturated rings. The monoisotopic (exact) mass is 360 g/mol. The summed E-state index contributed by atoms with van der Waals surface area (Å²) in [5, 5.41) is 5.65. The lowest BCUT2D eigenvalue weighted by molar-refractivity contribution is 0.879. The van der Waals surface area contributed by atoms with Gasteiger partial charge in [0.2, 0.25) is 0 Å². The van der Waals surface area contributed by atoms with E-state index in [4.69, 9.17) is 0 Å². The molecule has 0 saturated carbocycles. The van der Waals surface area contributed by atoms with E-state index in [2.05, 4.69) is 76.6 Å². The first-order valence-corrected chi connectivity index (χ1v) is 8.58. The standard InChI is InChI=1S/C17H17BrN2S/c1-10-6-14(7-11(2)17(10)18)20-12(3)13-8-16-15(19-9-13)4-5-21-16/h4-9,12,20H,1-3H3. The maximum atomic E-state index is 4.52. The number of pyridine rings is 1. The van der Waals surface area contributed by atoms with Crippen molar-refractivity contribution < 1.29 is 0 Å². The van der Waals surface area contributed by atoms with Crippen LogP contribution in [0.5, 0.6) is 0 Å². The number of anilines is 1. The van der Waals surface area contributed by atoms with Crippen LogP contribution in [0.3, 0.4) is 0 Å². The molecule has 0 aliphatic rings. The zero-order chi connectivity index (χ0) is 15.0. The van der Waals surface area contributed by atoms with Gasteiger partial charge in [-0.25, -0.2) is 0 Å². The molecule has 0 radical (unpaired) electrons. The summed E-state index contributed by atoms with van der Waals surface area (Å²) in [6.45, 7) is 6.40. The van der Waals surface area contributed by atoms with E-state index in [1.165, 1.54) is 25.9 Å². The first kappa shape index (κ1) is 14.5. The van der Waals surface area contributed by atoms with Crippen molar-refractivity contribution in [2.75, 3.05) is 5.32 Å². The molecule has 1 aromatic carbocycles. The highest BCUT2D eigenvalue weighted by Gasteiger charge is 2.09. The number of halogens is 1. The molecule has 1 atom stereocenters. The van der Waals surface area contributed by atoms with E-state index in [-0.39, 0.29) is 6.04 Å². The highest BCUT2D eigenvalue weighted by Crippen LogP contribution is 2.28. The van der Waals surface area contributed by atoms with E-state index in [0.29, 0.717) is 0 Å². The van der Waals surface area contributed by atoms with Crippen LogP contribution in [0.4, 0.5) is 5.69 Å². The van der Waals surface area contributed by atoms with Crippen LogP contribution in [0.2, 0.25) is 0 Å². The molecule has 21 heavy (non-hydrogen) atoms. The Kier molecular flexibility index (Phi) is 4.00. The zero-order valence-corrected chi connectivity index (χ0v) is 14.7. The topological polar surface area (TPSA) is 24.9 Å². The predicted molar refractivity (Wildman–Crippen MR) is 95.3 cm³/mol. The molecule has 1 unspecified atom stereocenters. The minimum atomic E-state index is 0.226. The molecule has 2 nitrogen and oxygen atoms in total. The average Bonchev–Trinajstić information content (AvgIpc) is 2.91. The third kappa shape index (κ3) is 2.97. The van der Waals surface area contributed by atoms with E-state index >= 15 is 0 Å². The van der Waals surface area contributed by atoms with Gasteiger partial charge in [0.05, 0.1) is 16.3 Å². The number of aryl methyl sites for hydroxylation is 2. The first-order chi connectivity index (χ1) is 10.0. The Labute approximate surface area is 137 Å². The molecule has 3 aromatic rings. The van der Waals surface area contributed by atoms with Crippen molar-refractivity contribution in [3.8, 4) is 0 Å². The number of aromatic nitrogens is 1. The summed E-state index contributed by atoms with van der Waals surface area (Å²) in [6, 6.07) is 8.85. The summed E-state index contributed by atoms with van der Waals surface area (Å²) in [7, 11) is 0. The van der Waals surface area contributed by atoms with Crippen LogP contribution in [0.15, 0.2) is 40.3 Å². The highest BCUT2D eigenvalue weighted by atomic mass is 79.9. The van der Waals surface area contributed by atoms with Crippen molar-refractivity contribution in [1.29, 1.82) is 0 Å². The largest absolute Gasteiger partial charge is 0.378 e. The minimum absolute atomic E-state index is 0.226. The molecular weight excluding hydrogens is 344 g/mol. The molecule has 0 spiro atoms. The van der Waals surface area contributed by atoms with Crippen LogP contribution >= 0.6 is 27.3 Å². The summed E-state index contributed by atoms with van der Waals surface area (Å²) in [5.41, 5.74) is 5.93. The van der Waals surface area contributed by atoms with Crippen LogP contribution < -0.4 is 5.32 Å². The summed E-state index contributed by atoms with van der Waals surface area (Å²) in [5.74, 6) is 0. The minimum Gasteiger partial charge on any atom is -0.378 e. The van der Waals surface area contributed by atoms with Crippen LogP contribution in [0.25, 0.3) is 10.2 Å². The van der Waals surface area contributed by atoms with E-state index < -0.39 is 0 Å². The smallest absolute Gasteiger partial charge is 0.0809 e. The first-order valence-electron chi connectivity index (χ1n) is 6.91. The molecular formula is C17H17BrN2S. The number of hydrogen-bond acceptors (Lipinski definition) is 3. The lowest BCUT2D eigenvalue weighted by Crippen LogP contribution is -2.07. The van der Waals surface area contributed by atoms with Crippen molar-refractivity contribution in [3.05, 3.63) is 57.0 Å². The van der Waals surface area contributed by atoms with Gasteiger partial charge in [-0.2, -0.15) is 0 Å². The third-order valence-corrected chi connectivity index (χ3v) is 5.75. The Hall–Kier alpha value is -1.39. The van der Waals surface area contributed by atoms with Gasteiger partial charge in [0, 0.05) is 16.4 Å². The highest BCUT2D eigenvalue weighted by molar-refractivity contribution is 9.10. The maximum Gasteiger partial charge on any atom is 0.0809 e. The fourth-order valence-corrected chi connectivity index (χ4v) is 3.48. The second-order valence-electron chi connectivity index (χ2n) is 5.36. The number of nitrogens with one attached hydrogen (secondary N) is 1. The Balaban J connectivity index is 1.86. The SMILES string of the molecule is Cc1cc(NC(C)c2cnc3ccsc3c2)cc(C)c1Br. The Morgan fingerprint density at radius 1 is 1.19 bits per heavy atom. The lowest BCUT2D eigenvalue weighted by Gasteiger charge is -2.17. The van der Waals surface area contributed by atoms with Gasteiger partial charge < -0.3 is 5.32 Å². The number of benzene rings is 1. The number of hydrogen-bond donors (Lipinski definition) is 1. The molecule has 2 heterocycles. The zero-order valence-electron chi connectivity index (χ0n) is 12.3. The maximum absolute atomic E-state index is 4.52. The van der Waals surface area contributed by atoms with Crippen molar-refractivity contribution in [3.63, 3.8) is 0 Å². The van der Waals surface area contributed by atoms with Gasteiger partial charge in [0.15, 0.2) is 0 Å². The van der Waals surface area contributed by atoms with Gasteiger partial charge in [0.1, 0.15) is 0 Å². The number of rotatable bonds is 3. The molecule has 0 bridgehead atoms. The molecule has 2 aromatic heterocycles. The number of nitrogens with zero attached hydrogens (tertiary/aromatic N) is 1. The Morgan fingerprint density at radius 2 is 1.90 bits per heavy atom. The van der Waals surface area contributed by atoms with Crippen LogP contribution in [0.1, 0.15) is 29.7 Å². The van der Waals surface area contributed by atoms with Gasteiger partial charge in [-0.05, 0) is 67.1 Å². The van der Waals surface area contributed by atoms with Gasteiger partial charge in [-0.1, -0.05) is 15.9 Å². The molecule has 0 amide bonds. The van der Waals surface area contributed by atoms with Gasteiger partial charge in [0.25, 0.3) is 0 Å². The summed E-state index contributed by atoms with van der Waals surface area (Å²) in [6.07, 6.45) is 1.96. The van der Waals surface area contributed by atoms with Gasteiger partial charge in [-0.15, -0.1) is 11.3 Å². The lowest BCUT2D eigenvalue weighted by atomic mass is 10.1. The van der Waals surface area contributed by atoms with E-state index in [1.807, 2.05) is 6.20 Å². The van der Waals surface area contributed by atoms with Crippen LogP contribution in [0, 0.1) is 13.8 Å². The van der Waals surface area contributed by atoms with Crippen LogP contribution in [-0.2, 0) is 0 Å². The molecule has 0 aliphatic heterocycles. The summed E-state index contributed by atoms with van der Waals surface area (Å²) >= 11 is 5.35. The van der Waals surface area contributed by atoms with Crippen molar-refractivity contribution in [1.82, 2.24) is 4.98 Å². The number of fused-ring (bicyclic) bond motifs is 1.